The molecule has 0 bridgehead atoms. The van der Waals surface area contributed by atoms with Gasteiger partial charge in [0.15, 0.2) is 0 Å². The van der Waals surface area contributed by atoms with Crippen molar-refractivity contribution < 1.29 is 4.74 Å². The van der Waals surface area contributed by atoms with Crippen LogP contribution in [0.5, 0.6) is 5.75 Å². The predicted octanol–water partition coefficient (Wildman–Crippen LogP) is 3.15. The van der Waals surface area contributed by atoms with E-state index in [0.717, 1.165) is 12.2 Å². The Morgan fingerprint density at radius 3 is 3.10 bits per heavy atom. The van der Waals surface area contributed by atoms with E-state index in [1.807, 2.05) is 12.4 Å². The number of H-pyrrole nitrogens is 1. The first-order valence-corrected chi connectivity index (χ1v) is 7.19. The van der Waals surface area contributed by atoms with Crippen molar-refractivity contribution in [3.05, 3.63) is 47.3 Å². The fraction of sp³-hybridized carbons (Fsp3) is 0.438. The first kappa shape index (κ1) is 13.2. The minimum absolute atomic E-state index is 0.288. The molecule has 0 aliphatic heterocycles. The van der Waals surface area contributed by atoms with Gasteiger partial charge < -0.3 is 10.1 Å². The van der Waals surface area contributed by atoms with E-state index in [0.29, 0.717) is 6.04 Å². The fourth-order valence-electron chi connectivity index (χ4n) is 2.97. The summed E-state index contributed by atoms with van der Waals surface area (Å²) in [5.74, 6) is 0.938. The average Bonchev–Trinajstić information content (AvgIpc) is 3.01. The number of nitrogens with zero attached hydrogens (tertiary/aromatic N) is 1. The van der Waals surface area contributed by atoms with Gasteiger partial charge in [-0.2, -0.15) is 5.10 Å². The minimum Gasteiger partial charge on any atom is -0.497 e. The maximum atomic E-state index is 5.36. The van der Waals surface area contributed by atoms with Crippen LogP contribution in [0.15, 0.2) is 30.6 Å². The zero-order valence-corrected chi connectivity index (χ0v) is 12.0. The summed E-state index contributed by atoms with van der Waals surface area (Å²) in [6.45, 7) is 2.18. The summed E-state index contributed by atoms with van der Waals surface area (Å²) in [5.41, 5.74) is 4.01. The summed E-state index contributed by atoms with van der Waals surface area (Å²) < 4.78 is 5.36. The molecule has 2 unspecified atom stereocenters. The van der Waals surface area contributed by atoms with Crippen LogP contribution in [-0.4, -0.2) is 17.3 Å². The number of hydrogen-bond acceptors (Lipinski definition) is 3. The van der Waals surface area contributed by atoms with E-state index in [1.54, 1.807) is 7.11 Å². The van der Waals surface area contributed by atoms with E-state index in [-0.39, 0.29) is 6.04 Å². The van der Waals surface area contributed by atoms with Gasteiger partial charge in [0.05, 0.1) is 13.3 Å². The van der Waals surface area contributed by atoms with Gasteiger partial charge in [-0.25, -0.2) is 0 Å². The Kier molecular flexibility index (Phi) is 3.74. The Bertz CT molecular complexity index is 565. The maximum Gasteiger partial charge on any atom is 0.119 e. The van der Waals surface area contributed by atoms with Crippen LogP contribution in [0.4, 0.5) is 0 Å². The van der Waals surface area contributed by atoms with E-state index in [4.69, 9.17) is 4.74 Å². The molecule has 106 valence electrons. The van der Waals surface area contributed by atoms with Crippen LogP contribution in [0, 0.1) is 0 Å². The molecule has 1 heterocycles. The Balaban J connectivity index is 1.82. The van der Waals surface area contributed by atoms with Crippen LogP contribution in [-0.2, 0) is 6.42 Å². The van der Waals surface area contributed by atoms with Crippen LogP contribution in [0.1, 0.15) is 48.5 Å². The summed E-state index contributed by atoms with van der Waals surface area (Å²) in [6, 6.07) is 7.11. The van der Waals surface area contributed by atoms with Gasteiger partial charge in [-0.1, -0.05) is 6.07 Å². The number of hydrogen-bond donors (Lipinski definition) is 2. The Morgan fingerprint density at radius 1 is 1.45 bits per heavy atom. The van der Waals surface area contributed by atoms with Crippen molar-refractivity contribution >= 4 is 0 Å². The van der Waals surface area contributed by atoms with Crippen LogP contribution in [0.2, 0.25) is 0 Å². The SMILES string of the molecule is COc1ccc2c(c1)C(NC(C)c1cn[nH]c1)CCC2. The van der Waals surface area contributed by atoms with Crippen molar-refractivity contribution in [3.63, 3.8) is 0 Å². The van der Waals surface area contributed by atoms with Gasteiger partial charge in [-0.05, 0) is 49.4 Å². The molecule has 4 nitrogen and oxygen atoms in total. The Morgan fingerprint density at radius 2 is 2.35 bits per heavy atom. The second-order valence-electron chi connectivity index (χ2n) is 5.43. The fourth-order valence-corrected chi connectivity index (χ4v) is 2.97. The number of rotatable bonds is 4. The van der Waals surface area contributed by atoms with Gasteiger partial charge in [0.1, 0.15) is 5.75 Å². The van der Waals surface area contributed by atoms with Crippen molar-refractivity contribution in [1.29, 1.82) is 0 Å². The first-order chi connectivity index (χ1) is 9.78. The zero-order valence-electron chi connectivity index (χ0n) is 12.0. The van der Waals surface area contributed by atoms with Crippen molar-refractivity contribution in [1.82, 2.24) is 15.5 Å². The lowest BCUT2D eigenvalue weighted by Crippen LogP contribution is -2.27. The quantitative estimate of drug-likeness (QED) is 0.898. The first-order valence-electron chi connectivity index (χ1n) is 7.19. The number of aromatic amines is 1. The standard InChI is InChI=1S/C16H21N3O/c1-11(13-9-17-18-10-13)19-16-5-3-4-12-6-7-14(20-2)8-15(12)16/h6-11,16,19H,3-5H2,1-2H3,(H,17,18). The molecule has 4 heteroatoms. The van der Waals surface area contributed by atoms with Gasteiger partial charge in [0, 0.05) is 23.8 Å². The molecule has 0 saturated heterocycles. The Labute approximate surface area is 119 Å². The van der Waals surface area contributed by atoms with Crippen molar-refractivity contribution in [2.45, 2.75) is 38.3 Å². The largest absolute Gasteiger partial charge is 0.497 e. The summed E-state index contributed by atoms with van der Waals surface area (Å²) in [7, 11) is 1.72. The van der Waals surface area contributed by atoms with Gasteiger partial charge in [0.25, 0.3) is 0 Å². The summed E-state index contributed by atoms with van der Waals surface area (Å²) >= 11 is 0. The topological polar surface area (TPSA) is 49.9 Å². The van der Waals surface area contributed by atoms with E-state index in [1.165, 1.54) is 29.5 Å². The smallest absolute Gasteiger partial charge is 0.119 e. The van der Waals surface area contributed by atoms with Crippen LogP contribution in [0.3, 0.4) is 0 Å². The molecule has 20 heavy (non-hydrogen) atoms. The minimum atomic E-state index is 0.288. The number of ether oxygens (including phenoxy) is 1. The molecule has 1 aromatic carbocycles. The predicted molar refractivity (Wildman–Crippen MR) is 78.8 cm³/mol. The molecular weight excluding hydrogens is 250 g/mol. The molecular formula is C16H21N3O. The third-order valence-corrected chi connectivity index (χ3v) is 4.14. The summed E-state index contributed by atoms with van der Waals surface area (Å²) in [6.07, 6.45) is 7.40. The molecule has 0 amide bonds. The van der Waals surface area contributed by atoms with Gasteiger partial charge in [-0.3, -0.25) is 5.10 Å². The van der Waals surface area contributed by atoms with Crippen LogP contribution in [0.25, 0.3) is 0 Å². The highest BCUT2D eigenvalue weighted by molar-refractivity contribution is 5.39. The molecule has 3 rings (SSSR count). The number of methoxy groups -OCH3 is 1. The maximum absolute atomic E-state index is 5.36. The lowest BCUT2D eigenvalue weighted by Gasteiger charge is -2.29. The summed E-state index contributed by atoms with van der Waals surface area (Å²) in [5, 5.41) is 10.6. The monoisotopic (exact) mass is 271 g/mol. The number of fused-ring (bicyclic) bond motifs is 1. The molecule has 2 aromatic rings. The van der Waals surface area contributed by atoms with E-state index < -0.39 is 0 Å². The van der Waals surface area contributed by atoms with E-state index in [9.17, 15) is 0 Å². The molecule has 1 aliphatic carbocycles. The molecule has 2 N–H and O–H groups in total. The molecule has 2 atom stereocenters. The number of aryl methyl sites for hydroxylation is 1. The second kappa shape index (κ2) is 5.67. The Hall–Kier alpha value is -1.81. The second-order valence-corrected chi connectivity index (χ2v) is 5.43. The lowest BCUT2D eigenvalue weighted by molar-refractivity contribution is 0.399. The van der Waals surface area contributed by atoms with E-state index >= 15 is 0 Å². The molecule has 0 spiro atoms. The number of aromatic nitrogens is 2. The molecule has 1 aromatic heterocycles. The zero-order chi connectivity index (χ0) is 13.9. The molecule has 1 aliphatic rings. The van der Waals surface area contributed by atoms with Gasteiger partial charge >= 0.3 is 0 Å². The third-order valence-electron chi connectivity index (χ3n) is 4.14. The summed E-state index contributed by atoms with van der Waals surface area (Å²) in [4.78, 5) is 0. The third kappa shape index (κ3) is 2.56. The van der Waals surface area contributed by atoms with Crippen molar-refractivity contribution in [2.24, 2.45) is 0 Å². The van der Waals surface area contributed by atoms with Gasteiger partial charge in [0.2, 0.25) is 0 Å². The molecule has 0 fully saturated rings. The normalized spacial score (nSPS) is 19.4. The highest BCUT2D eigenvalue weighted by Gasteiger charge is 2.22. The number of benzene rings is 1. The molecule has 0 radical (unpaired) electrons. The van der Waals surface area contributed by atoms with Crippen LogP contribution >= 0.6 is 0 Å². The average molecular weight is 271 g/mol. The lowest BCUT2D eigenvalue weighted by atomic mass is 9.87. The highest BCUT2D eigenvalue weighted by Crippen LogP contribution is 2.33. The van der Waals surface area contributed by atoms with Crippen LogP contribution < -0.4 is 10.1 Å². The van der Waals surface area contributed by atoms with Crippen molar-refractivity contribution in [3.8, 4) is 5.75 Å². The van der Waals surface area contributed by atoms with Gasteiger partial charge in [-0.15, -0.1) is 0 Å². The van der Waals surface area contributed by atoms with Crippen molar-refractivity contribution in [2.75, 3.05) is 7.11 Å². The molecule has 0 saturated carbocycles. The highest BCUT2D eigenvalue weighted by atomic mass is 16.5. The number of nitrogens with one attached hydrogen (secondary N) is 2. The van der Waals surface area contributed by atoms with E-state index in [2.05, 4.69) is 40.6 Å².